The zero-order valence-electron chi connectivity index (χ0n) is 9.83. The fraction of sp³-hybridized carbons (Fsp3) is 0.833. The van der Waals surface area contributed by atoms with Gasteiger partial charge in [0, 0.05) is 36.6 Å². The summed E-state index contributed by atoms with van der Waals surface area (Å²) in [4.78, 5) is 2.47. The van der Waals surface area contributed by atoms with Crippen LogP contribution in [0.1, 0.15) is 19.8 Å². The van der Waals surface area contributed by atoms with Crippen molar-refractivity contribution < 1.29 is 0 Å². The minimum Gasteiger partial charge on any atom is -0.313 e. The number of likely N-dealkylation sites (N-methyl/N-ethyl adjacent to an activating group) is 2. The molecule has 1 aliphatic rings. The Morgan fingerprint density at radius 1 is 1.67 bits per heavy atom. The van der Waals surface area contributed by atoms with Crippen LogP contribution in [-0.2, 0) is 0 Å². The molecule has 1 heterocycles. The Kier molecular flexibility index (Phi) is 6.16. The van der Waals surface area contributed by atoms with Gasteiger partial charge >= 0.3 is 0 Å². The summed E-state index contributed by atoms with van der Waals surface area (Å²) in [6.45, 7) is 4.40. The van der Waals surface area contributed by atoms with E-state index in [4.69, 9.17) is 6.42 Å². The van der Waals surface area contributed by atoms with Gasteiger partial charge in [-0.25, -0.2) is 0 Å². The Morgan fingerprint density at radius 3 is 3.07 bits per heavy atom. The van der Waals surface area contributed by atoms with Crippen molar-refractivity contribution in [1.82, 2.24) is 10.2 Å². The van der Waals surface area contributed by atoms with Gasteiger partial charge in [0.1, 0.15) is 0 Å². The lowest BCUT2D eigenvalue weighted by molar-refractivity contribution is 0.210. The van der Waals surface area contributed by atoms with Crippen molar-refractivity contribution in [3.05, 3.63) is 0 Å². The first kappa shape index (κ1) is 12.9. The molecule has 0 bridgehead atoms. The molecule has 1 N–H and O–H groups in total. The summed E-state index contributed by atoms with van der Waals surface area (Å²) in [6, 6.07) is 1.21. The molecule has 15 heavy (non-hydrogen) atoms. The van der Waals surface area contributed by atoms with E-state index in [9.17, 15) is 0 Å². The van der Waals surface area contributed by atoms with Crippen molar-refractivity contribution in [2.24, 2.45) is 0 Å². The molecule has 3 heteroatoms. The topological polar surface area (TPSA) is 15.3 Å². The molecule has 0 aliphatic carbocycles. The van der Waals surface area contributed by atoms with E-state index in [-0.39, 0.29) is 0 Å². The van der Waals surface area contributed by atoms with Crippen molar-refractivity contribution in [3.8, 4) is 12.3 Å². The van der Waals surface area contributed by atoms with E-state index in [2.05, 4.69) is 41.9 Å². The fourth-order valence-electron chi connectivity index (χ4n) is 2.06. The summed E-state index contributed by atoms with van der Waals surface area (Å²) < 4.78 is 0. The third kappa shape index (κ3) is 4.06. The number of rotatable bonds is 5. The highest BCUT2D eigenvalue weighted by Crippen LogP contribution is 2.19. The zero-order chi connectivity index (χ0) is 11.1. The van der Waals surface area contributed by atoms with E-state index < -0.39 is 0 Å². The molecule has 1 aliphatic heterocycles. The van der Waals surface area contributed by atoms with Crippen molar-refractivity contribution >= 4 is 11.8 Å². The number of hydrogen-bond acceptors (Lipinski definition) is 3. The average molecular weight is 226 g/mol. The Labute approximate surface area is 98.2 Å². The second-order valence-electron chi connectivity index (χ2n) is 4.03. The van der Waals surface area contributed by atoms with E-state index in [1.54, 1.807) is 0 Å². The summed E-state index contributed by atoms with van der Waals surface area (Å²) in [5.41, 5.74) is 0. The normalized spacial score (nSPS) is 24.7. The highest BCUT2D eigenvalue weighted by molar-refractivity contribution is 7.99. The van der Waals surface area contributed by atoms with Crippen molar-refractivity contribution in [3.63, 3.8) is 0 Å². The molecule has 2 atom stereocenters. The standard InChI is InChI=1S/C12H22N2S/c1-4-6-7-11(13-5-2)12-10-15-9-8-14(12)3/h1,11-13H,5-10H2,2-3H3. The van der Waals surface area contributed by atoms with Crippen LogP contribution >= 0.6 is 11.8 Å². The molecular weight excluding hydrogens is 204 g/mol. The number of nitrogens with one attached hydrogen (secondary N) is 1. The molecule has 1 saturated heterocycles. The molecule has 86 valence electrons. The molecule has 0 aromatic heterocycles. The molecule has 1 rings (SSSR count). The summed E-state index contributed by atoms with van der Waals surface area (Å²) in [6.07, 6.45) is 7.32. The maximum Gasteiger partial charge on any atom is 0.0337 e. The monoisotopic (exact) mass is 226 g/mol. The van der Waals surface area contributed by atoms with Crippen molar-refractivity contribution in [2.45, 2.75) is 31.8 Å². The minimum atomic E-state index is 0.559. The molecule has 2 unspecified atom stereocenters. The first-order valence-corrected chi connectivity index (χ1v) is 6.90. The van der Waals surface area contributed by atoms with E-state index in [0.29, 0.717) is 12.1 Å². The van der Waals surface area contributed by atoms with Gasteiger partial charge in [-0.1, -0.05) is 6.92 Å². The van der Waals surface area contributed by atoms with Crippen LogP contribution < -0.4 is 5.32 Å². The second-order valence-corrected chi connectivity index (χ2v) is 5.18. The van der Waals surface area contributed by atoms with E-state index in [1.165, 1.54) is 18.1 Å². The lowest BCUT2D eigenvalue weighted by atomic mass is 10.0. The SMILES string of the molecule is C#CCCC(NCC)C1CSCCN1C. The van der Waals surface area contributed by atoms with Gasteiger partial charge in [0.15, 0.2) is 0 Å². The van der Waals surface area contributed by atoms with Crippen LogP contribution in [0.25, 0.3) is 0 Å². The van der Waals surface area contributed by atoms with E-state index in [1.807, 2.05) is 0 Å². The molecular formula is C12H22N2S. The third-order valence-electron chi connectivity index (χ3n) is 2.97. The summed E-state index contributed by atoms with van der Waals surface area (Å²) in [5.74, 6) is 5.24. The van der Waals surface area contributed by atoms with Gasteiger partial charge in [-0.05, 0) is 20.0 Å². The van der Waals surface area contributed by atoms with Gasteiger partial charge in [-0.2, -0.15) is 11.8 Å². The quantitative estimate of drug-likeness (QED) is 0.714. The lowest BCUT2D eigenvalue weighted by Crippen LogP contribution is -2.52. The molecule has 0 aromatic rings. The predicted molar refractivity (Wildman–Crippen MR) is 69.3 cm³/mol. The molecule has 0 aromatic carbocycles. The Hall–Kier alpha value is -0.170. The van der Waals surface area contributed by atoms with Crippen molar-refractivity contribution in [1.29, 1.82) is 0 Å². The van der Waals surface area contributed by atoms with Gasteiger partial charge in [-0.3, -0.25) is 0 Å². The molecule has 0 spiro atoms. The summed E-state index contributed by atoms with van der Waals surface area (Å²) in [5, 5.41) is 3.57. The number of nitrogens with zero attached hydrogens (tertiary/aromatic N) is 1. The Morgan fingerprint density at radius 2 is 2.47 bits per heavy atom. The maximum absolute atomic E-state index is 5.34. The zero-order valence-corrected chi connectivity index (χ0v) is 10.6. The van der Waals surface area contributed by atoms with Gasteiger partial charge in [-0.15, -0.1) is 12.3 Å². The number of terminal acetylenes is 1. The largest absolute Gasteiger partial charge is 0.313 e. The van der Waals surface area contributed by atoms with Gasteiger partial charge < -0.3 is 10.2 Å². The van der Waals surface area contributed by atoms with Crippen molar-refractivity contribution in [2.75, 3.05) is 31.6 Å². The fourth-order valence-corrected chi connectivity index (χ4v) is 3.37. The minimum absolute atomic E-state index is 0.559. The molecule has 0 amide bonds. The van der Waals surface area contributed by atoms with Crippen LogP contribution in [0.5, 0.6) is 0 Å². The van der Waals surface area contributed by atoms with Crippen LogP contribution in [0.4, 0.5) is 0 Å². The second kappa shape index (κ2) is 7.16. The predicted octanol–water partition coefficient (Wildman–Crippen LogP) is 1.43. The molecule has 0 radical (unpaired) electrons. The first-order valence-electron chi connectivity index (χ1n) is 5.74. The smallest absolute Gasteiger partial charge is 0.0337 e. The summed E-state index contributed by atoms with van der Waals surface area (Å²) >= 11 is 2.06. The number of thioether (sulfide) groups is 1. The average Bonchev–Trinajstić information content (AvgIpc) is 2.25. The Bertz CT molecular complexity index is 212. The Balaban J connectivity index is 2.48. The molecule has 0 saturated carbocycles. The van der Waals surface area contributed by atoms with Gasteiger partial charge in [0.05, 0.1) is 0 Å². The van der Waals surface area contributed by atoms with Gasteiger partial charge in [0.2, 0.25) is 0 Å². The highest BCUT2D eigenvalue weighted by Gasteiger charge is 2.26. The third-order valence-corrected chi connectivity index (χ3v) is 4.02. The molecule has 2 nitrogen and oxygen atoms in total. The number of hydrogen-bond donors (Lipinski definition) is 1. The van der Waals surface area contributed by atoms with Crippen LogP contribution in [0.3, 0.4) is 0 Å². The van der Waals surface area contributed by atoms with Crippen LogP contribution in [0.2, 0.25) is 0 Å². The maximum atomic E-state index is 5.34. The summed E-state index contributed by atoms with van der Waals surface area (Å²) in [7, 11) is 2.23. The van der Waals surface area contributed by atoms with Gasteiger partial charge in [0.25, 0.3) is 0 Å². The highest BCUT2D eigenvalue weighted by atomic mass is 32.2. The van der Waals surface area contributed by atoms with Crippen LogP contribution in [0, 0.1) is 12.3 Å². The lowest BCUT2D eigenvalue weighted by Gasteiger charge is -2.38. The van der Waals surface area contributed by atoms with E-state index >= 15 is 0 Å². The van der Waals surface area contributed by atoms with E-state index in [0.717, 1.165) is 19.4 Å². The van der Waals surface area contributed by atoms with Crippen LogP contribution in [0.15, 0.2) is 0 Å². The first-order chi connectivity index (χ1) is 7.29. The molecule has 1 fully saturated rings. The van der Waals surface area contributed by atoms with Crippen LogP contribution in [-0.4, -0.2) is 48.6 Å².